The van der Waals surface area contributed by atoms with Crippen molar-refractivity contribution in [1.82, 2.24) is 0 Å². The van der Waals surface area contributed by atoms with Gasteiger partial charge in [-0.3, -0.25) is 0 Å². The van der Waals surface area contributed by atoms with Crippen LogP contribution in [0.3, 0.4) is 0 Å². The van der Waals surface area contributed by atoms with Crippen LogP contribution in [0, 0.1) is 0 Å². The molecule has 0 bridgehead atoms. The molecule has 0 aliphatic heterocycles. The van der Waals surface area contributed by atoms with Gasteiger partial charge in [0, 0.05) is 4.88 Å². The molecule has 3 heteroatoms. The van der Waals surface area contributed by atoms with E-state index in [0.717, 1.165) is 22.7 Å². The van der Waals surface area contributed by atoms with E-state index >= 15 is 0 Å². The summed E-state index contributed by atoms with van der Waals surface area (Å²) in [5.41, 5.74) is 5.97. The van der Waals surface area contributed by atoms with Crippen LogP contribution in [0.15, 0.2) is 11.4 Å². The Labute approximate surface area is 82.5 Å². The van der Waals surface area contributed by atoms with Gasteiger partial charge in [-0.1, -0.05) is 25.4 Å². The minimum Gasteiger partial charge on any atom is -0.321 e. The maximum Gasteiger partial charge on any atom is 0.0564 e. The molecule has 1 heterocycles. The molecule has 0 fully saturated rings. The lowest BCUT2D eigenvalue weighted by Gasteiger charge is -2.25. The Bertz CT molecular complexity index is 253. The highest BCUT2D eigenvalue weighted by molar-refractivity contribution is 7.10. The van der Waals surface area contributed by atoms with E-state index in [1.807, 2.05) is 11.4 Å². The highest BCUT2D eigenvalue weighted by atomic mass is 35.5. The molecule has 1 aromatic heterocycles. The zero-order valence-electron chi connectivity index (χ0n) is 7.43. The zero-order valence-corrected chi connectivity index (χ0v) is 9.00. The number of halogens is 1. The minimum atomic E-state index is -0.217. The van der Waals surface area contributed by atoms with Gasteiger partial charge in [0.05, 0.1) is 10.6 Å². The van der Waals surface area contributed by atoms with Crippen molar-refractivity contribution in [2.45, 2.75) is 32.2 Å². The largest absolute Gasteiger partial charge is 0.321 e. The highest BCUT2D eigenvalue weighted by Crippen LogP contribution is 2.35. The molecular formula is C9H14ClNS. The van der Waals surface area contributed by atoms with Gasteiger partial charge in [-0.25, -0.2) is 0 Å². The predicted octanol–water partition coefficient (Wildman–Crippen LogP) is 3.38. The molecule has 0 aliphatic carbocycles. The van der Waals surface area contributed by atoms with Gasteiger partial charge in [0.2, 0.25) is 0 Å². The van der Waals surface area contributed by atoms with Crippen LogP contribution in [0.2, 0.25) is 5.02 Å². The summed E-state index contributed by atoms with van der Waals surface area (Å²) in [6.45, 7) is 4.19. The van der Waals surface area contributed by atoms with Crippen molar-refractivity contribution < 1.29 is 0 Å². The number of rotatable bonds is 3. The third-order valence-electron chi connectivity index (χ3n) is 2.33. The van der Waals surface area contributed by atoms with Crippen molar-refractivity contribution in [3.63, 3.8) is 0 Å². The average Bonchev–Trinajstić information content (AvgIpc) is 2.51. The molecule has 0 spiro atoms. The van der Waals surface area contributed by atoms with Crippen molar-refractivity contribution in [2.75, 3.05) is 0 Å². The second kappa shape index (κ2) is 3.77. The Balaban J connectivity index is 3.02. The topological polar surface area (TPSA) is 26.0 Å². The summed E-state index contributed by atoms with van der Waals surface area (Å²) in [6.07, 6.45) is 1.87. The van der Waals surface area contributed by atoms with E-state index in [1.165, 1.54) is 0 Å². The van der Waals surface area contributed by atoms with Crippen LogP contribution in [0.1, 0.15) is 31.6 Å². The van der Waals surface area contributed by atoms with Crippen molar-refractivity contribution >= 4 is 22.9 Å². The van der Waals surface area contributed by atoms with Gasteiger partial charge in [0.1, 0.15) is 0 Å². The monoisotopic (exact) mass is 203 g/mol. The molecule has 1 aromatic rings. The fourth-order valence-electron chi connectivity index (χ4n) is 1.22. The lowest BCUT2D eigenvalue weighted by atomic mass is 9.92. The second-order valence-electron chi connectivity index (χ2n) is 2.96. The maximum absolute atomic E-state index is 6.19. The first kappa shape index (κ1) is 10.0. The van der Waals surface area contributed by atoms with E-state index in [0.29, 0.717) is 0 Å². The fourth-order valence-corrected chi connectivity index (χ4v) is 2.72. The molecule has 0 aliphatic rings. The second-order valence-corrected chi connectivity index (χ2v) is 4.28. The molecule has 0 saturated carbocycles. The normalized spacial score (nSPS) is 12.0. The number of thiophene rings is 1. The number of hydrogen-bond donors (Lipinski definition) is 1. The highest BCUT2D eigenvalue weighted by Gasteiger charge is 2.26. The van der Waals surface area contributed by atoms with Gasteiger partial charge >= 0.3 is 0 Å². The fraction of sp³-hybridized carbons (Fsp3) is 0.556. The third-order valence-corrected chi connectivity index (χ3v) is 3.89. The summed E-state index contributed by atoms with van der Waals surface area (Å²) in [6, 6.07) is 1.91. The van der Waals surface area contributed by atoms with Crippen LogP contribution in [0.25, 0.3) is 0 Å². The van der Waals surface area contributed by atoms with E-state index in [9.17, 15) is 0 Å². The zero-order chi connectivity index (χ0) is 9.19. The van der Waals surface area contributed by atoms with Crippen LogP contribution < -0.4 is 5.73 Å². The first-order valence-corrected chi connectivity index (χ1v) is 5.42. The van der Waals surface area contributed by atoms with Gasteiger partial charge in [0.15, 0.2) is 0 Å². The summed E-state index contributed by atoms with van der Waals surface area (Å²) in [5, 5.41) is 2.80. The molecule has 1 nitrogen and oxygen atoms in total. The quantitative estimate of drug-likeness (QED) is 0.801. The van der Waals surface area contributed by atoms with E-state index in [1.54, 1.807) is 11.3 Å². The van der Waals surface area contributed by atoms with Gasteiger partial charge < -0.3 is 5.73 Å². The van der Waals surface area contributed by atoms with Gasteiger partial charge in [-0.15, -0.1) is 11.3 Å². The van der Waals surface area contributed by atoms with Gasteiger partial charge in [-0.2, -0.15) is 0 Å². The minimum absolute atomic E-state index is 0.217. The Hall–Kier alpha value is -0.0500. The molecule has 0 radical (unpaired) electrons. The van der Waals surface area contributed by atoms with E-state index < -0.39 is 0 Å². The Kier molecular flexibility index (Phi) is 3.16. The first-order chi connectivity index (χ1) is 5.64. The Morgan fingerprint density at radius 3 is 2.42 bits per heavy atom. The molecule has 0 atom stereocenters. The molecule has 12 heavy (non-hydrogen) atoms. The van der Waals surface area contributed by atoms with Crippen LogP contribution in [0.5, 0.6) is 0 Å². The van der Waals surface area contributed by atoms with Crippen molar-refractivity contribution in [2.24, 2.45) is 5.73 Å². The van der Waals surface area contributed by atoms with Crippen LogP contribution >= 0.6 is 22.9 Å². The lowest BCUT2D eigenvalue weighted by Crippen LogP contribution is -2.34. The smallest absolute Gasteiger partial charge is 0.0564 e. The van der Waals surface area contributed by atoms with Crippen molar-refractivity contribution in [1.29, 1.82) is 0 Å². The summed E-state index contributed by atoms with van der Waals surface area (Å²) < 4.78 is 0. The Morgan fingerprint density at radius 2 is 2.08 bits per heavy atom. The standard InChI is InChI=1S/C9H14ClNS/c1-3-9(11,4-2)8-7(10)5-6-12-8/h5-6H,3-4,11H2,1-2H3. The maximum atomic E-state index is 6.19. The molecule has 0 amide bonds. The average molecular weight is 204 g/mol. The molecule has 2 N–H and O–H groups in total. The molecule has 68 valence electrons. The number of nitrogens with two attached hydrogens (primary N) is 1. The molecule has 0 aromatic carbocycles. The van der Waals surface area contributed by atoms with Gasteiger partial charge in [-0.05, 0) is 24.3 Å². The predicted molar refractivity (Wildman–Crippen MR) is 55.8 cm³/mol. The van der Waals surface area contributed by atoms with Crippen LogP contribution in [-0.2, 0) is 5.54 Å². The van der Waals surface area contributed by atoms with E-state index in [4.69, 9.17) is 17.3 Å². The Morgan fingerprint density at radius 1 is 1.50 bits per heavy atom. The van der Waals surface area contributed by atoms with E-state index in [2.05, 4.69) is 13.8 Å². The van der Waals surface area contributed by atoms with Crippen molar-refractivity contribution in [3.05, 3.63) is 21.3 Å². The summed E-state index contributed by atoms with van der Waals surface area (Å²) in [4.78, 5) is 1.12. The first-order valence-electron chi connectivity index (χ1n) is 4.16. The lowest BCUT2D eigenvalue weighted by molar-refractivity contribution is 0.421. The summed E-state index contributed by atoms with van der Waals surface area (Å²) >= 11 is 7.66. The van der Waals surface area contributed by atoms with E-state index in [-0.39, 0.29) is 5.54 Å². The van der Waals surface area contributed by atoms with Crippen LogP contribution in [-0.4, -0.2) is 0 Å². The number of hydrogen-bond acceptors (Lipinski definition) is 2. The SMILES string of the molecule is CCC(N)(CC)c1sccc1Cl. The van der Waals surface area contributed by atoms with Gasteiger partial charge in [0.25, 0.3) is 0 Å². The summed E-state index contributed by atoms with van der Waals surface area (Å²) in [5.74, 6) is 0. The molecular weight excluding hydrogens is 190 g/mol. The summed E-state index contributed by atoms with van der Waals surface area (Å²) in [7, 11) is 0. The molecule has 0 unspecified atom stereocenters. The van der Waals surface area contributed by atoms with Crippen molar-refractivity contribution in [3.8, 4) is 0 Å². The van der Waals surface area contributed by atoms with Crippen LogP contribution in [0.4, 0.5) is 0 Å². The molecule has 1 rings (SSSR count). The molecule has 0 saturated heterocycles. The third kappa shape index (κ3) is 1.65.